The Morgan fingerprint density at radius 3 is 1.93 bits per heavy atom. The van der Waals surface area contributed by atoms with Crippen LogP contribution in [-0.2, 0) is 0 Å². The molecule has 0 fully saturated rings. The van der Waals surface area contributed by atoms with Crippen LogP contribution in [0.5, 0.6) is 0 Å². The fourth-order valence-corrected chi connectivity index (χ4v) is 4.05. The first-order valence-electron chi connectivity index (χ1n) is 6.68. The van der Waals surface area contributed by atoms with E-state index in [1.165, 1.54) is 65.9 Å². The second-order valence-corrected chi connectivity index (χ2v) is 7.44. The van der Waals surface area contributed by atoms with Gasteiger partial charge in [0, 0.05) is 0 Å². The average Bonchev–Trinajstić information content (AvgIpc) is 2.18. The molecule has 0 spiro atoms. The molecule has 2 heteroatoms. The van der Waals surface area contributed by atoms with Crippen LogP contribution in [0.15, 0.2) is 0 Å². The van der Waals surface area contributed by atoms with Gasteiger partial charge in [0.15, 0.2) is 0 Å². The topological polar surface area (TPSA) is 0 Å². The van der Waals surface area contributed by atoms with E-state index in [0.29, 0.717) is 5.16 Å². The lowest BCUT2D eigenvalue weighted by atomic mass is 9.92. The van der Waals surface area contributed by atoms with Crippen LogP contribution in [0.3, 0.4) is 0 Å². The van der Waals surface area contributed by atoms with Crippen molar-refractivity contribution in [1.29, 1.82) is 0 Å². The molecule has 0 radical (unpaired) electrons. The Labute approximate surface area is 101 Å². The number of hydrogen-bond donors (Lipinski definition) is 0. The van der Waals surface area contributed by atoms with Crippen molar-refractivity contribution < 1.29 is 0 Å². The maximum atomic E-state index is 3.16. The van der Waals surface area contributed by atoms with Crippen LogP contribution < -0.4 is 0 Å². The Morgan fingerprint density at radius 1 is 0.867 bits per heavy atom. The summed E-state index contributed by atoms with van der Waals surface area (Å²) in [5.41, 5.74) is 0. The molecule has 2 atom stereocenters. The summed E-state index contributed by atoms with van der Waals surface area (Å²) in [6, 6.07) is 0. The zero-order chi connectivity index (χ0) is 11.6. The van der Waals surface area contributed by atoms with Gasteiger partial charge in [-0.05, 0) is 43.2 Å². The van der Waals surface area contributed by atoms with Gasteiger partial charge < -0.3 is 0 Å². The molecule has 15 heavy (non-hydrogen) atoms. The Balaban J connectivity index is 3.65. The Hall–Kier alpha value is 0.860. The van der Waals surface area contributed by atoms with Gasteiger partial charge in [0.1, 0.15) is 0 Å². The van der Waals surface area contributed by atoms with Crippen molar-refractivity contribution >= 4 is 17.8 Å². The Morgan fingerprint density at radius 2 is 1.47 bits per heavy atom. The predicted octanol–water partition coefficient (Wildman–Crippen LogP) is 5.07. The van der Waals surface area contributed by atoms with Crippen LogP contribution in [0.4, 0.5) is 0 Å². The molecule has 0 saturated carbocycles. The second-order valence-electron chi connectivity index (χ2n) is 4.72. The molecule has 0 heterocycles. The summed E-state index contributed by atoms with van der Waals surface area (Å²) in [4.78, 5) is 0. The highest BCUT2D eigenvalue weighted by atomic mass is 31.1. The maximum absolute atomic E-state index is 3.16. The summed E-state index contributed by atoms with van der Waals surface area (Å²) in [5, 5.41) is 0.570. The lowest BCUT2D eigenvalue weighted by Crippen LogP contribution is -2.20. The van der Waals surface area contributed by atoms with Crippen molar-refractivity contribution in [1.82, 2.24) is 0 Å². The van der Waals surface area contributed by atoms with Crippen molar-refractivity contribution in [3.05, 3.63) is 0 Å². The molecule has 0 rings (SSSR count). The van der Waals surface area contributed by atoms with E-state index in [1.807, 2.05) is 0 Å². The maximum Gasteiger partial charge on any atom is -0.0150 e. The van der Waals surface area contributed by atoms with E-state index in [9.17, 15) is 0 Å². The molecule has 0 aromatic rings. The van der Waals surface area contributed by atoms with Gasteiger partial charge in [0.25, 0.3) is 0 Å². The largest absolute Gasteiger partial charge is 0.131 e. The highest BCUT2D eigenvalue weighted by Gasteiger charge is 2.21. The van der Waals surface area contributed by atoms with Gasteiger partial charge in [-0.3, -0.25) is 0 Å². The first-order chi connectivity index (χ1) is 7.18. The van der Waals surface area contributed by atoms with Crippen molar-refractivity contribution in [2.24, 2.45) is 0 Å². The fraction of sp³-hybridized carbons (Fsp3) is 1.00. The Bertz CT molecular complexity index is 128. The third kappa shape index (κ3) is 8.65. The van der Waals surface area contributed by atoms with Gasteiger partial charge in [-0.1, -0.05) is 40.0 Å². The molecule has 0 aliphatic rings. The van der Waals surface area contributed by atoms with E-state index < -0.39 is 0 Å². The van der Waals surface area contributed by atoms with Crippen LogP contribution in [0, 0.1) is 0 Å². The summed E-state index contributed by atoms with van der Waals surface area (Å²) in [5.74, 6) is 0. The zero-order valence-electron chi connectivity index (χ0n) is 10.9. The van der Waals surface area contributed by atoms with E-state index in [1.54, 1.807) is 0 Å². The molecule has 0 saturated heterocycles. The smallest absolute Gasteiger partial charge is 0.0150 e. The van der Waals surface area contributed by atoms with Crippen LogP contribution in [0.2, 0.25) is 0 Å². The SMILES string of the molecule is CCCPCCCC(P)(CCC)CCC. The highest BCUT2D eigenvalue weighted by molar-refractivity contribution is 7.37. The number of hydrogen-bond acceptors (Lipinski definition) is 0. The first kappa shape index (κ1) is 15.9. The van der Waals surface area contributed by atoms with Crippen LogP contribution >= 0.6 is 17.8 Å². The first-order valence-corrected chi connectivity index (χ1v) is 8.67. The van der Waals surface area contributed by atoms with Gasteiger partial charge in [0.05, 0.1) is 0 Å². The van der Waals surface area contributed by atoms with E-state index in [0.717, 1.165) is 0 Å². The predicted molar refractivity (Wildman–Crippen MR) is 79.8 cm³/mol. The molecule has 0 nitrogen and oxygen atoms in total. The summed E-state index contributed by atoms with van der Waals surface area (Å²) in [6.07, 6.45) is 12.6. The molecule has 0 aliphatic heterocycles. The van der Waals surface area contributed by atoms with E-state index in [2.05, 4.69) is 30.0 Å². The van der Waals surface area contributed by atoms with Gasteiger partial charge in [0.2, 0.25) is 0 Å². The summed E-state index contributed by atoms with van der Waals surface area (Å²) in [7, 11) is 4.37. The third-order valence-corrected chi connectivity index (χ3v) is 5.38. The molecule has 0 aliphatic carbocycles. The molecule has 0 aromatic heterocycles. The van der Waals surface area contributed by atoms with Crippen LogP contribution in [0.25, 0.3) is 0 Å². The number of rotatable bonds is 10. The minimum Gasteiger partial charge on any atom is -0.131 e. The molecule has 0 aromatic carbocycles. The minimum atomic E-state index is 0.570. The van der Waals surface area contributed by atoms with Crippen molar-refractivity contribution in [3.8, 4) is 0 Å². The van der Waals surface area contributed by atoms with E-state index in [-0.39, 0.29) is 0 Å². The highest BCUT2D eigenvalue weighted by Crippen LogP contribution is 2.35. The van der Waals surface area contributed by atoms with Crippen LogP contribution in [-0.4, -0.2) is 17.5 Å². The van der Waals surface area contributed by atoms with E-state index >= 15 is 0 Å². The third-order valence-electron chi connectivity index (χ3n) is 2.95. The van der Waals surface area contributed by atoms with Gasteiger partial charge in [-0.25, -0.2) is 0 Å². The van der Waals surface area contributed by atoms with Gasteiger partial charge >= 0.3 is 0 Å². The van der Waals surface area contributed by atoms with Gasteiger partial charge in [-0.15, -0.1) is 17.8 Å². The van der Waals surface area contributed by atoms with Crippen molar-refractivity contribution in [3.63, 3.8) is 0 Å². The Kier molecular flexibility index (Phi) is 10.6. The summed E-state index contributed by atoms with van der Waals surface area (Å²) < 4.78 is 0. The molecule has 92 valence electrons. The zero-order valence-corrected chi connectivity index (χ0v) is 13.1. The molecular weight excluding hydrogens is 218 g/mol. The molecular formula is C13H30P2. The normalized spacial score (nSPS) is 12.8. The lowest BCUT2D eigenvalue weighted by Gasteiger charge is -2.28. The average molecular weight is 248 g/mol. The molecule has 0 N–H and O–H groups in total. The van der Waals surface area contributed by atoms with Crippen LogP contribution in [0.1, 0.15) is 65.7 Å². The fourth-order valence-electron chi connectivity index (χ4n) is 2.24. The summed E-state index contributed by atoms with van der Waals surface area (Å²) in [6.45, 7) is 6.92. The van der Waals surface area contributed by atoms with Gasteiger partial charge in [-0.2, -0.15) is 0 Å². The van der Waals surface area contributed by atoms with Crippen molar-refractivity contribution in [2.45, 2.75) is 70.9 Å². The molecule has 2 unspecified atom stereocenters. The molecule has 0 amide bonds. The van der Waals surface area contributed by atoms with Crippen molar-refractivity contribution in [2.75, 3.05) is 12.3 Å². The lowest BCUT2D eigenvalue weighted by molar-refractivity contribution is 0.454. The standard InChI is InChI=1S/C13H30P2/c1-4-8-13(14,9-5-2)10-7-12-15-11-6-3/h15H,4-12,14H2,1-3H3. The quantitative estimate of drug-likeness (QED) is 0.374. The van der Waals surface area contributed by atoms with E-state index in [4.69, 9.17) is 0 Å². The summed E-state index contributed by atoms with van der Waals surface area (Å²) >= 11 is 0. The monoisotopic (exact) mass is 248 g/mol. The molecule has 0 bridgehead atoms. The second kappa shape index (κ2) is 10.0. The minimum absolute atomic E-state index is 0.570.